The Hall–Kier alpha value is -2.04. The van der Waals surface area contributed by atoms with Gasteiger partial charge in [-0.3, -0.25) is 14.6 Å². The number of carbonyl (C=O) groups is 2. The number of thiol groups is 1. The van der Waals surface area contributed by atoms with Crippen molar-refractivity contribution in [3.05, 3.63) is 37.1 Å². The van der Waals surface area contributed by atoms with Crippen LogP contribution in [0.1, 0.15) is 19.8 Å². The Labute approximate surface area is 212 Å². The van der Waals surface area contributed by atoms with Crippen molar-refractivity contribution in [3.63, 3.8) is 0 Å². The lowest BCUT2D eigenvalue weighted by Crippen LogP contribution is -2.54. The highest BCUT2D eigenvalue weighted by Crippen LogP contribution is 2.38. The number of amides is 2. The van der Waals surface area contributed by atoms with Crippen LogP contribution in [-0.4, -0.2) is 88.7 Å². The summed E-state index contributed by atoms with van der Waals surface area (Å²) in [5, 5.41) is 3.98. The van der Waals surface area contributed by atoms with E-state index in [1.165, 1.54) is 6.08 Å². The third kappa shape index (κ3) is 7.23. The van der Waals surface area contributed by atoms with Crippen molar-refractivity contribution >= 4 is 47.2 Å². The minimum absolute atomic E-state index is 0.0724. The van der Waals surface area contributed by atoms with Gasteiger partial charge in [0.15, 0.2) is 5.17 Å². The van der Waals surface area contributed by atoms with E-state index in [0.717, 1.165) is 18.6 Å². The zero-order valence-corrected chi connectivity index (χ0v) is 21.6. The molecule has 1 aromatic heterocycles. The third-order valence-corrected chi connectivity index (χ3v) is 8.22. The number of rotatable bonds is 8. The van der Waals surface area contributed by atoms with Gasteiger partial charge >= 0.3 is 0 Å². The topological polar surface area (TPSA) is 87.1 Å². The lowest BCUT2D eigenvalue weighted by atomic mass is 9.79. The number of anilines is 1. The average molecular weight is 506 g/mol. The van der Waals surface area contributed by atoms with Crippen LogP contribution < -0.4 is 5.32 Å². The van der Waals surface area contributed by atoms with Crippen molar-refractivity contribution in [1.29, 1.82) is 0 Å². The predicted octanol–water partition coefficient (Wildman–Crippen LogP) is 2.80. The maximum atomic E-state index is 13.4. The molecule has 4 unspecified atom stereocenters. The van der Waals surface area contributed by atoms with Crippen LogP contribution in [0.2, 0.25) is 0 Å². The quantitative estimate of drug-likeness (QED) is 0.186. The Kier molecular flexibility index (Phi) is 10.3. The highest BCUT2D eigenvalue weighted by Gasteiger charge is 2.41. The number of pyridine rings is 1. The van der Waals surface area contributed by atoms with E-state index in [9.17, 15) is 9.59 Å². The van der Waals surface area contributed by atoms with Crippen molar-refractivity contribution in [2.45, 2.75) is 31.1 Å². The maximum absolute atomic E-state index is 13.4. The second-order valence-electron chi connectivity index (χ2n) is 8.64. The van der Waals surface area contributed by atoms with Gasteiger partial charge in [-0.2, -0.15) is 11.8 Å². The van der Waals surface area contributed by atoms with E-state index < -0.39 is 0 Å². The molecule has 0 radical (unpaired) electrons. The van der Waals surface area contributed by atoms with Gasteiger partial charge in [-0.25, -0.2) is 4.98 Å². The van der Waals surface area contributed by atoms with E-state index in [-0.39, 0.29) is 23.8 Å². The maximum Gasteiger partial charge on any atom is 0.246 e. The Morgan fingerprint density at radius 3 is 2.68 bits per heavy atom. The largest absolute Gasteiger partial charge is 0.381 e. The number of piperazine rings is 1. The van der Waals surface area contributed by atoms with Crippen LogP contribution in [-0.2, 0) is 14.3 Å². The number of thioether (sulfide) groups is 1. The van der Waals surface area contributed by atoms with E-state index >= 15 is 0 Å². The van der Waals surface area contributed by atoms with Crippen LogP contribution in [0.25, 0.3) is 0 Å². The number of ether oxygens (including phenoxy) is 1. The highest BCUT2D eigenvalue weighted by atomic mass is 32.2. The molecule has 1 aromatic rings. The van der Waals surface area contributed by atoms with E-state index in [1.54, 1.807) is 18.2 Å². The first-order valence-corrected chi connectivity index (χ1v) is 13.2. The van der Waals surface area contributed by atoms with Gasteiger partial charge in [-0.05, 0) is 37.0 Å². The lowest BCUT2D eigenvalue weighted by molar-refractivity contribution is -0.146. The summed E-state index contributed by atoms with van der Waals surface area (Å²) in [7, 11) is 1.70. The molecule has 4 atom stereocenters. The van der Waals surface area contributed by atoms with E-state index in [2.05, 4.69) is 41.4 Å². The van der Waals surface area contributed by atoms with Gasteiger partial charge in [0, 0.05) is 50.5 Å². The molecule has 1 aliphatic heterocycles. The molecule has 186 valence electrons. The van der Waals surface area contributed by atoms with E-state index in [1.807, 2.05) is 34.9 Å². The Balaban J connectivity index is 1.50. The minimum Gasteiger partial charge on any atom is -0.381 e. The zero-order valence-electron chi connectivity index (χ0n) is 19.9. The number of aromatic nitrogens is 1. The first-order chi connectivity index (χ1) is 16.4. The Morgan fingerprint density at radius 2 is 2.03 bits per heavy atom. The van der Waals surface area contributed by atoms with Crippen molar-refractivity contribution in [2.24, 2.45) is 16.8 Å². The van der Waals surface area contributed by atoms with E-state index in [0.29, 0.717) is 54.9 Å². The molecule has 2 amide bonds. The second-order valence-corrected chi connectivity index (χ2v) is 10.4. The standard InChI is InChI=1S/C24H35N5O3S2/c1-4-22(30)28-10-12-29(13-11-28)23(31)18-16-20(17(2)15-19(18)32-3)34-14-9-26-24(33)27-21-7-5-6-8-25-21/h4-8,17-20H,1,9-16H2,2-3H3,(H2,25,26,27,33). The number of nitrogens with zero attached hydrogens (tertiary/aromatic N) is 4. The number of nitrogens with one attached hydrogen (secondary N) is 1. The molecular weight excluding hydrogens is 470 g/mol. The van der Waals surface area contributed by atoms with Crippen LogP contribution in [0.5, 0.6) is 0 Å². The van der Waals surface area contributed by atoms with Gasteiger partial charge in [0.25, 0.3) is 0 Å². The molecule has 2 aliphatic rings. The van der Waals surface area contributed by atoms with Crippen LogP contribution in [0.3, 0.4) is 0 Å². The number of hydrogen-bond acceptors (Lipinski definition) is 6. The molecule has 1 aliphatic carbocycles. The number of methoxy groups -OCH3 is 1. The van der Waals surface area contributed by atoms with Gasteiger partial charge < -0.3 is 19.9 Å². The molecule has 3 rings (SSSR count). The molecular formula is C24H35N5O3S2. The Bertz CT molecular complexity index is 861. The van der Waals surface area contributed by atoms with Crippen molar-refractivity contribution < 1.29 is 14.3 Å². The summed E-state index contributed by atoms with van der Waals surface area (Å²) >= 11 is 6.27. The molecule has 2 heterocycles. The SMILES string of the molecule is C=CC(=O)N1CCN(C(=O)C2CC(SCC/N=C(\S)Nc3ccccn3)C(C)CC2OC)CC1. The zero-order chi connectivity index (χ0) is 24.5. The highest BCUT2D eigenvalue weighted by molar-refractivity contribution is 8.00. The third-order valence-electron chi connectivity index (χ3n) is 6.46. The monoisotopic (exact) mass is 505 g/mol. The molecule has 34 heavy (non-hydrogen) atoms. The molecule has 2 fully saturated rings. The summed E-state index contributed by atoms with van der Waals surface area (Å²) in [6.45, 7) is 8.63. The second kappa shape index (κ2) is 13.2. The molecule has 10 heteroatoms. The van der Waals surface area contributed by atoms with Crippen LogP contribution >= 0.6 is 24.4 Å². The van der Waals surface area contributed by atoms with Crippen molar-refractivity contribution in [2.75, 3.05) is 50.9 Å². The predicted molar refractivity (Wildman–Crippen MR) is 141 cm³/mol. The molecule has 1 N–H and O–H groups in total. The van der Waals surface area contributed by atoms with Gasteiger partial charge in [0.2, 0.25) is 11.8 Å². The normalized spacial score (nSPS) is 25.7. The molecule has 0 bridgehead atoms. The number of carbonyl (C=O) groups excluding carboxylic acids is 2. The summed E-state index contributed by atoms with van der Waals surface area (Å²) in [6.07, 6.45) is 4.63. The first kappa shape index (κ1) is 26.6. The summed E-state index contributed by atoms with van der Waals surface area (Å²) < 4.78 is 5.74. The van der Waals surface area contributed by atoms with Crippen molar-refractivity contribution in [3.8, 4) is 0 Å². The summed E-state index contributed by atoms with van der Waals surface area (Å²) in [6, 6.07) is 5.63. The first-order valence-electron chi connectivity index (χ1n) is 11.7. The fourth-order valence-electron chi connectivity index (χ4n) is 4.53. The number of aliphatic imine (C=N–C) groups is 1. The molecule has 0 spiro atoms. The van der Waals surface area contributed by atoms with Gasteiger partial charge in [0.1, 0.15) is 5.82 Å². The van der Waals surface area contributed by atoms with Crippen LogP contribution in [0, 0.1) is 11.8 Å². The van der Waals surface area contributed by atoms with Gasteiger partial charge in [-0.1, -0.05) is 19.6 Å². The summed E-state index contributed by atoms with van der Waals surface area (Å²) in [5.74, 6) is 1.93. The fourth-order valence-corrected chi connectivity index (χ4v) is 6.02. The minimum atomic E-state index is -0.157. The van der Waals surface area contributed by atoms with Crippen LogP contribution in [0.4, 0.5) is 5.82 Å². The van der Waals surface area contributed by atoms with Gasteiger partial charge in [0.05, 0.1) is 18.6 Å². The van der Waals surface area contributed by atoms with Crippen molar-refractivity contribution in [1.82, 2.24) is 14.8 Å². The fraction of sp³-hybridized carbons (Fsp3) is 0.583. The smallest absolute Gasteiger partial charge is 0.246 e. The summed E-state index contributed by atoms with van der Waals surface area (Å²) in [4.78, 5) is 37.5. The molecule has 1 saturated heterocycles. The average Bonchev–Trinajstić information content (AvgIpc) is 2.86. The van der Waals surface area contributed by atoms with Gasteiger partial charge in [-0.15, -0.1) is 12.6 Å². The molecule has 0 aromatic carbocycles. The summed E-state index contributed by atoms with van der Waals surface area (Å²) in [5.41, 5.74) is 0. The number of hydrogen-bond donors (Lipinski definition) is 2. The van der Waals surface area contributed by atoms with Crippen LogP contribution in [0.15, 0.2) is 42.0 Å². The lowest BCUT2D eigenvalue weighted by Gasteiger charge is -2.42. The molecule has 1 saturated carbocycles. The van der Waals surface area contributed by atoms with E-state index in [4.69, 9.17) is 4.74 Å². The Morgan fingerprint density at radius 1 is 1.29 bits per heavy atom. The molecule has 8 nitrogen and oxygen atoms in total. The number of amidine groups is 1.